The molecule has 3 rings (SSSR count). The van der Waals surface area contributed by atoms with Gasteiger partial charge in [-0.1, -0.05) is 6.07 Å². The average molecular weight is 383 g/mol. The van der Waals surface area contributed by atoms with Crippen molar-refractivity contribution in [2.75, 3.05) is 27.7 Å². The molecule has 2 heterocycles. The fourth-order valence-electron chi connectivity index (χ4n) is 3.46. The molecule has 8 nitrogen and oxygen atoms in total. The lowest BCUT2D eigenvalue weighted by Crippen LogP contribution is -2.28. The molecule has 0 fully saturated rings. The number of allylic oxidation sites excluding steroid dienone is 1. The van der Waals surface area contributed by atoms with Crippen LogP contribution in [0.4, 0.5) is 0 Å². The second-order valence-electron chi connectivity index (χ2n) is 7.09. The van der Waals surface area contributed by atoms with Crippen molar-refractivity contribution >= 4 is 0 Å². The number of nitrogens with zero attached hydrogens (tertiary/aromatic N) is 3. The molecule has 0 amide bonds. The Labute approximate surface area is 164 Å². The number of nitrogens with two attached hydrogens (primary N) is 1. The minimum absolute atomic E-state index is 0.00855. The van der Waals surface area contributed by atoms with Crippen molar-refractivity contribution in [1.82, 2.24) is 15.1 Å². The molecule has 0 unspecified atom stereocenters. The highest BCUT2D eigenvalue weighted by atomic mass is 16.5. The number of aromatic amines is 1. The van der Waals surface area contributed by atoms with E-state index in [0.717, 1.165) is 23.4 Å². The highest BCUT2D eigenvalue weighted by molar-refractivity contribution is 5.57. The van der Waals surface area contributed by atoms with E-state index in [1.54, 1.807) is 7.11 Å². The van der Waals surface area contributed by atoms with Crippen LogP contribution in [0.25, 0.3) is 0 Å². The molecule has 1 aliphatic rings. The first-order chi connectivity index (χ1) is 13.3. The molecule has 8 heteroatoms. The molecule has 0 saturated heterocycles. The summed E-state index contributed by atoms with van der Waals surface area (Å²) >= 11 is 0. The molecule has 148 valence electrons. The minimum atomic E-state index is -0.394. The number of methoxy groups -OCH3 is 1. The van der Waals surface area contributed by atoms with E-state index in [0.29, 0.717) is 23.0 Å². The molecule has 0 aliphatic carbocycles. The molecular formula is C20H25N5O3. The van der Waals surface area contributed by atoms with Crippen LogP contribution in [0.2, 0.25) is 0 Å². The number of aryl methyl sites for hydroxylation is 1. The van der Waals surface area contributed by atoms with E-state index in [9.17, 15) is 5.26 Å². The second-order valence-corrected chi connectivity index (χ2v) is 7.09. The first-order valence-corrected chi connectivity index (χ1v) is 8.97. The first-order valence-electron chi connectivity index (χ1n) is 8.97. The molecule has 3 N–H and O–H groups in total. The lowest BCUT2D eigenvalue weighted by Gasteiger charge is -2.25. The van der Waals surface area contributed by atoms with Crippen molar-refractivity contribution in [3.8, 4) is 23.4 Å². The normalized spacial score (nSPS) is 17.0. The van der Waals surface area contributed by atoms with Gasteiger partial charge in [0, 0.05) is 17.8 Å². The first kappa shape index (κ1) is 19.6. The zero-order valence-electron chi connectivity index (χ0n) is 16.7. The van der Waals surface area contributed by atoms with Crippen LogP contribution >= 0.6 is 0 Å². The number of hydrogen-bond acceptors (Lipinski definition) is 7. The van der Waals surface area contributed by atoms with E-state index in [1.807, 2.05) is 46.1 Å². The number of fused-ring (bicyclic) bond motifs is 1. The van der Waals surface area contributed by atoms with E-state index in [-0.39, 0.29) is 12.0 Å². The number of nitrogens with one attached hydrogen (secondary N) is 1. The Hall–Kier alpha value is -3.18. The van der Waals surface area contributed by atoms with Gasteiger partial charge >= 0.3 is 0 Å². The third-order valence-corrected chi connectivity index (χ3v) is 4.60. The van der Waals surface area contributed by atoms with Crippen LogP contribution in [0.5, 0.6) is 17.4 Å². The second kappa shape index (κ2) is 7.82. The van der Waals surface area contributed by atoms with Crippen LogP contribution in [-0.4, -0.2) is 49.0 Å². The summed E-state index contributed by atoms with van der Waals surface area (Å²) in [5.74, 6) is 1.29. The number of H-pyrrole nitrogens is 1. The van der Waals surface area contributed by atoms with Crippen LogP contribution in [0.1, 0.15) is 29.7 Å². The maximum Gasteiger partial charge on any atom is 0.244 e. The highest BCUT2D eigenvalue weighted by Crippen LogP contribution is 2.44. The molecule has 1 aromatic heterocycles. The molecular weight excluding hydrogens is 358 g/mol. The van der Waals surface area contributed by atoms with Crippen LogP contribution in [0.15, 0.2) is 29.7 Å². The standard InChI is InChI=1S/C20H25N5O3/c1-11(10-25(3)4)27-15-7-6-13(8-16(15)26-5)18-14(9-21)19(22)28-20-17(18)12(2)23-24-20/h6-8,11,18H,10,22H2,1-5H3,(H,23,24)/t11-,18+/m0/s1. The Morgan fingerprint density at radius 1 is 1.39 bits per heavy atom. The fraction of sp³-hybridized carbons (Fsp3) is 0.400. The fourth-order valence-corrected chi connectivity index (χ4v) is 3.46. The van der Waals surface area contributed by atoms with Crippen LogP contribution in [-0.2, 0) is 0 Å². The van der Waals surface area contributed by atoms with Crippen molar-refractivity contribution in [2.24, 2.45) is 5.73 Å². The quantitative estimate of drug-likeness (QED) is 0.787. The van der Waals surface area contributed by atoms with Gasteiger partial charge < -0.3 is 24.8 Å². The monoisotopic (exact) mass is 383 g/mol. The molecule has 28 heavy (non-hydrogen) atoms. The van der Waals surface area contributed by atoms with E-state index >= 15 is 0 Å². The minimum Gasteiger partial charge on any atom is -0.493 e. The van der Waals surface area contributed by atoms with Gasteiger partial charge in [-0.3, -0.25) is 5.10 Å². The van der Waals surface area contributed by atoms with Crippen molar-refractivity contribution in [1.29, 1.82) is 5.26 Å². The predicted octanol–water partition coefficient (Wildman–Crippen LogP) is 2.27. The molecule has 0 radical (unpaired) electrons. The average Bonchev–Trinajstić information content (AvgIpc) is 3.00. The summed E-state index contributed by atoms with van der Waals surface area (Å²) < 4.78 is 17.1. The number of likely N-dealkylation sites (N-methyl/N-ethyl adjacent to an activating group) is 1. The lowest BCUT2D eigenvalue weighted by atomic mass is 9.84. The van der Waals surface area contributed by atoms with E-state index in [4.69, 9.17) is 19.9 Å². The molecule has 0 saturated carbocycles. The zero-order chi connectivity index (χ0) is 20.4. The Morgan fingerprint density at radius 3 is 2.79 bits per heavy atom. The van der Waals surface area contributed by atoms with Gasteiger partial charge in [0.15, 0.2) is 11.5 Å². The van der Waals surface area contributed by atoms with Gasteiger partial charge in [-0.25, -0.2) is 0 Å². The summed E-state index contributed by atoms with van der Waals surface area (Å²) in [5, 5.41) is 16.7. The molecule has 2 aromatic rings. The van der Waals surface area contributed by atoms with Gasteiger partial charge in [0.05, 0.1) is 13.0 Å². The van der Waals surface area contributed by atoms with E-state index in [2.05, 4.69) is 21.2 Å². The summed E-state index contributed by atoms with van der Waals surface area (Å²) in [6, 6.07) is 7.82. The Kier molecular flexibility index (Phi) is 5.47. The van der Waals surface area contributed by atoms with E-state index in [1.165, 1.54) is 0 Å². The number of nitriles is 1. The smallest absolute Gasteiger partial charge is 0.244 e. The summed E-state index contributed by atoms with van der Waals surface area (Å²) in [6.07, 6.45) is -0.00855. The topological polar surface area (TPSA) is 109 Å². The number of hydrogen-bond donors (Lipinski definition) is 2. The highest BCUT2D eigenvalue weighted by Gasteiger charge is 2.34. The maximum absolute atomic E-state index is 9.67. The van der Waals surface area contributed by atoms with Gasteiger partial charge in [-0.15, -0.1) is 5.10 Å². The molecule has 2 atom stereocenters. The number of benzene rings is 1. The van der Waals surface area contributed by atoms with Crippen molar-refractivity contribution in [3.63, 3.8) is 0 Å². The molecule has 0 spiro atoms. The van der Waals surface area contributed by atoms with Gasteiger partial charge in [-0.05, 0) is 45.6 Å². The zero-order valence-corrected chi connectivity index (χ0v) is 16.7. The molecule has 0 bridgehead atoms. The number of rotatable bonds is 6. The molecule has 1 aromatic carbocycles. The van der Waals surface area contributed by atoms with Crippen molar-refractivity contribution in [3.05, 3.63) is 46.5 Å². The van der Waals surface area contributed by atoms with Crippen molar-refractivity contribution in [2.45, 2.75) is 25.9 Å². The lowest BCUT2D eigenvalue weighted by molar-refractivity contribution is 0.171. The maximum atomic E-state index is 9.67. The summed E-state index contributed by atoms with van der Waals surface area (Å²) in [6.45, 7) is 4.67. The van der Waals surface area contributed by atoms with Gasteiger partial charge in [0.25, 0.3) is 0 Å². The van der Waals surface area contributed by atoms with E-state index < -0.39 is 5.92 Å². The third-order valence-electron chi connectivity index (χ3n) is 4.60. The third kappa shape index (κ3) is 3.62. The summed E-state index contributed by atoms with van der Waals surface area (Å²) in [7, 11) is 5.59. The predicted molar refractivity (Wildman–Crippen MR) is 104 cm³/mol. The Bertz CT molecular complexity index is 942. The Balaban J connectivity index is 2.02. The van der Waals surface area contributed by atoms with Crippen LogP contribution in [0, 0.1) is 18.3 Å². The largest absolute Gasteiger partial charge is 0.493 e. The van der Waals surface area contributed by atoms with Gasteiger partial charge in [0.1, 0.15) is 17.7 Å². The number of ether oxygens (including phenoxy) is 3. The van der Waals surface area contributed by atoms with Crippen LogP contribution < -0.4 is 19.9 Å². The number of aromatic nitrogens is 2. The summed E-state index contributed by atoms with van der Waals surface area (Å²) in [4.78, 5) is 2.06. The SMILES string of the molecule is COc1cc([C@@H]2C(C#N)=C(N)Oc3n[nH]c(C)c32)ccc1O[C@@H](C)CN(C)C. The van der Waals surface area contributed by atoms with Gasteiger partial charge in [0.2, 0.25) is 11.8 Å². The van der Waals surface area contributed by atoms with Crippen LogP contribution in [0.3, 0.4) is 0 Å². The Morgan fingerprint density at radius 2 is 2.14 bits per heavy atom. The van der Waals surface area contributed by atoms with Crippen molar-refractivity contribution < 1.29 is 14.2 Å². The summed E-state index contributed by atoms with van der Waals surface area (Å²) in [5.41, 5.74) is 8.77. The molecule has 1 aliphatic heterocycles. The van der Waals surface area contributed by atoms with Gasteiger partial charge in [-0.2, -0.15) is 5.26 Å².